The summed E-state index contributed by atoms with van der Waals surface area (Å²) in [5.74, 6) is -3.14. The first kappa shape index (κ1) is 33.7. The van der Waals surface area contributed by atoms with Gasteiger partial charge >= 0.3 is 39.2 Å². The Morgan fingerprint density at radius 1 is 0.706 bits per heavy atom. The number of carbonyl (C=O) groups is 2. The van der Waals surface area contributed by atoms with Crippen molar-refractivity contribution < 1.29 is 69.2 Å². The molecule has 8 nitrogen and oxygen atoms in total. The summed E-state index contributed by atoms with van der Waals surface area (Å²) >= 11 is 0. The van der Waals surface area contributed by atoms with Crippen molar-refractivity contribution in [1.82, 2.24) is 0 Å². The van der Waals surface area contributed by atoms with E-state index in [1.807, 2.05) is 0 Å². The Kier molecular flexibility index (Phi) is 16.9. The number of carboxylic acids is 2. The fourth-order valence-corrected chi connectivity index (χ4v) is 2.51. The van der Waals surface area contributed by atoms with Crippen LogP contribution in [0.3, 0.4) is 0 Å². The molecule has 0 heterocycles. The fourth-order valence-electron chi connectivity index (χ4n) is 2.51. The molecule has 188 valence electrons. The first-order valence-electron chi connectivity index (χ1n) is 10.0. The molecular formula is C24H26AgCoN2O6. The molecular weight excluding hydrogens is 579 g/mol. The smallest absolute Gasteiger partial charge is 0.872 e. The maximum atomic E-state index is 11.3. The van der Waals surface area contributed by atoms with Crippen LogP contribution in [0.4, 0.5) is 0 Å². The molecule has 0 bridgehead atoms. The summed E-state index contributed by atoms with van der Waals surface area (Å²) in [5, 5.41) is 44.1. The van der Waals surface area contributed by atoms with Gasteiger partial charge in [0.25, 0.3) is 0 Å². The van der Waals surface area contributed by atoms with E-state index in [0.717, 1.165) is 0 Å². The number of para-hydroxylation sites is 2. The van der Waals surface area contributed by atoms with E-state index in [-0.39, 0.29) is 62.5 Å². The Labute approximate surface area is 225 Å². The third-order valence-corrected chi connectivity index (χ3v) is 4.33. The van der Waals surface area contributed by atoms with Gasteiger partial charge in [0, 0.05) is 12.4 Å². The zero-order valence-corrected chi connectivity index (χ0v) is 21.6. The summed E-state index contributed by atoms with van der Waals surface area (Å²) in [6.45, 7) is 6.95. The number of carbonyl (C=O) groups excluding carboxylic acids is 2. The van der Waals surface area contributed by atoms with Gasteiger partial charge in [-0.25, -0.2) is 0 Å². The summed E-state index contributed by atoms with van der Waals surface area (Å²) in [7, 11) is 0. The average Bonchev–Trinajstić information content (AvgIpc) is 2.70. The van der Waals surface area contributed by atoms with Gasteiger partial charge in [-0.3, -0.25) is 9.98 Å². The van der Waals surface area contributed by atoms with Crippen molar-refractivity contribution in [3.63, 3.8) is 0 Å². The molecule has 2 rings (SSSR count). The molecule has 0 amide bonds. The molecule has 0 spiro atoms. The molecule has 0 saturated heterocycles. The number of aliphatic imine (C=N–C) groups is 2. The van der Waals surface area contributed by atoms with Crippen molar-refractivity contribution in [2.45, 2.75) is 39.8 Å². The van der Waals surface area contributed by atoms with Crippen LogP contribution >= 0.6 is 0 Å². The minimum atomic E-state index is -1.23. The van der Waals surface area contributed by atoms with E-state index in [0.29, 0.717) is 11.1 Å². The van der Waals surface area contributed by atoms with Crippen molar-refractivity contribution in [3.8, 4) is 11.5 Å². The molecule has 0 aliphatic carbocycles. The van der Waals surface area contributed by atoms with Crippen LogP contribution in [0.15, 0.2) is 58.5 Å². The number of aliphatic carboxylic acids is 2. The van der Waals surface area contributed by atoms with E-state index in [4.69, 9.17) is 0 Å². The Balaban J connectivity index is 0. The third-order valence-electron chi connectivity index (χ3n) is 4.33. The number of hydrogen-bond acceptors (Lipinski definition) is 8. The van der Waals surface area contributed by atoms with Crippen molar-refractivity contribution in [3.05, 3.63) is 59.7 Å². The van der Waals surface area contributed by atoms with Crippen LogP contribution in [0, 0.1) is 11.8 Å². The molecule has 2 aromatic rings. The maximum Gasteiger partial charge on any atom is 3.00 e. The van der Waals surface area contributed by atoms with E-state index in [2.05, 4.69) is 9.98 Å². The monoisotopic (exact) mass is 604 g/mol. The normalized spacial score (nSPS) is 12.4. The van der Waals surface area contributed by atoms with Crippen molar-refractivity contribution in [1.29, 1.82) is 0 Å². The second-order valence-corrected chi connectivity index (χ2v) is 7.65. The standard InChI is InChI=1S/2C12H15NO3.Ag.Co/c2*1-8(2)11(12(15)16)13-7-9-5-3-4-6-10(9)14;;/h2*3-8,11,14H,1-2H3,(H,15,16);;/q;;+1;+3/p-4/t2*11-;;/m00../s1. The Morgan fingerprint density at radius 3 is 1.24 bits per heavy atom. The minimum absolute atomic E-state index is 0. The summed E-state index contributed by atoms with van der Waals surface area (Å²) in [6, 6.07) is 10.8. The number of carboxylic acid groups (broad SMARTS) is 2. The first-order valence-corrected chi connectivity index (χ1v) is 10.0. The van der Waals surface area contributed by atoms with E-state index in [1.165, 1.54) is 24.6 Å². The third kappa shape index (κ3) is 11.6. The number of benzene rings is 2. The van der Waals surface area contributed by atoms with Gasteiger partial charge in [0.2, 0.25) is 0 Å². The van der Waals surface area contributed by atoms with Gasteiger partial charge in [0.05, 0.1) is 24.0 Å². The maximum absolute atomic E-state index is 11.3. The van der Waals surface area contributed by atoms with Gasteiger partial charge in [-0.15, -0.1) is 11.5 Å². The number of hydrogen-bond donors (Lipinski definition) is 0. The van der Waals surface area contributed by atoms with Crippen LogP contribution in [0.1, 0.15) is 38.8 Å². The molecule has 0 aliphatic rings. The molecule has 0 saturated carbocycles. The van der Waals surface area contributed by atoms with Crippen LogP contribution in [0.5, 0.6) is 11.5 Å². The van der Waals surface area contributed by atoms with Gasteiger partial charge in [-0.2, -0.15) is 0 Å². The van der Waals surface area contributed by atoms with Crippen LogP contribution in [0.25, 0.3) is 0 Å². The predicted octanol–water partition coefficient (Wildman–Crippen LogP) is -0.0978. The molecule has 0 aliphatic heterocycles. The first-order chi connectivity index (χ1) is 15.0. The number of nitrogens with zero attached hydrogens (tertiary/aromatic N) is 2. The van der Waals surface area contributed by atoms with Gasteiger partial charge < -0.3 is 30.0 Å². The van der Waals surface area contributed by atoms with Gasteiger partial charge in [0.15, 0.2) is 0 Å². The zero-order chi connectivity index (χ0) is 24.3. The second kappa shape index (κ2) is 17.1. The van der Waals surface area contributed by atoms with Crippen LogP contribution in [-0.2, 0) is 48.7 Å². The average molecular weight is 605 g/mol. The summed E-state index contributed by atoms with van der Waals surface area (Å²) < 4.78 is 0. The van der Waals surface area contributed by atoms with E-state index >= 15 is 0 Å². The molecule has 0 radical (unpaired) electrons. The molecule has 10 heteroatoms. The van der Waals surface area contributed by atoms with Crippen LogP contribution in [-0.4, -0.2) is 36.5 Å². The van der Waals surface area contributed by atoms with E-state index < -0.39 is 24.0 Å². The molecule has 2 aromatic carbocycles. The Morgan fingerprint density at radius 2 is 1.00 bits per heavy atom. The summed E-state index contributed by atoms with van der Waals surface area (Å²) in [5.41, 5.74) is 0.767. The van der Waals surface area contributed by atoms with Gasteiger partial charge in [-0.05, 0) is 23.0 Å². The van der Waals surface area contributed by atoms with Crippen molar-refractivity contribution >= 4 is 24.4 Å². The molecule has 34 heavy (non-hydrogen) atoms. The molecule has 0 fully saturated rings. The minimum Gasteiger partial charge on any atom is -0.872 e. The van der Waals surface area contributed by atoms with Crippen LogP contribution in [0.2, 0.25) is 0 Å². The Hall–Kier alpha value is -2.43. The van der Waals surface area contributed by atoms with E-state index in [9.17, 15) is 30.0 Å². The molecule has 0 unspecified atom stereocenters. The predicted molar refractivity (Wildman–Crippen MR) is 114 cm³/mol. The largest absolute Gasteiger partial charge is 3.00 e. The van der Waals surface area contributed by atoms with E-state index in [1.54, 1.807) is 64.1 Å². The quantitative estimate of drug-likeness (QED) is 0.303. The molecule has 2 atom stereocenters. The van der Waals surface area contributed by atoms with Gasteiger partial charge in [-0.1, -0.05) is 76.2 Å². The SMILES string of the molecule is CC(C)[C@H](N=Cc1ccccc1[O-])C(=O)[O-].CC(C)[C@H](N=Cc1ccccc1[O-])C(=O)[O-].[Ag+].[Co+3]. The Bertz CT molecular complexity index is 888. The van der Waals surface area contributed by atoms with Crippen molar-refractivity contribution in [2.75, 3.05) is 0 Å². The topological polar surface area (TPSA) is 151 Å². The van der Waals surface area contributed by atoms with Gasteiger partial charge in [0.1, 0.15) is 0 Å². The number of rotatable bonds is 8. The second-order valence-electron chi connectivity index (χ2n) is 7.65. The summed E-state index contributed by atoms with van der Waals surface area (Å²) in [6.07, 6.45) is 2.59. The fraction of sp³-hybridized carbons (Fsp3) is 0.333. The molecule has 0 N–H and O–H groups in total. The molecule has 0 aromatic heterocycles. The summed E-state index contributed by atoms with van der Waals surface area (Å²) in [4.78, 5) is 29.2. The van der Waals surface area contributed by atoms with Crippen molar-refractivity contribution in [2.24, 2.45) is 21.8 Å². The zero-order valence-electron chi connectivity index (χ0n) is 19.1. The van der Waals surface area contributed by atoms with Crippen LogP contribution < -0.4 is 20.4 Å².